The van der Waals surface area contributed by atoms with Gasteiger partial charge in [0.2, 0.25) is 35.4 Å². The Morgan fingerprint density at radius 3 is 1.71 bits per heavy atom. The van der Waals surface area contributed by atoms with Gasteiger partial charge in [-0.3, -0.25) is 38.6 Å². The summed E-state index contributed by atoms with van der Waals surface area (Å²) in [6.07, 6.45) is -2.05. The topological polar surface area (TPSA) is 394 Å². The van der Waals surface area contributed by atoms with E-state index in [0.29, 0.717) is 5.56 Å². The van der Waals surface area contributed by atoms with E-state index in [1.807, 2.05) is 0 Å². The number of aliphatic hydroxyl groups is 2. The van der Waals surface area contributed by atoms with Crippen molar-refractivity contribution in [1.82, 2.24) is 26.6 Å². The molecule has 0 heterocycles. The first-order chi connectivity index (χ1) is 24.5. The molecule has 6 amide bonds. The summed E-state index contributed by atoms with van der Waals surface area (Å²) in [5.41, 5.74) is 21.8. The number of hydrogen-bond acceptors (Lipinski definition) is 12. The zero-order valence-electron chi connectivity index (χ0n) is 28.0. The molecule has 0 aliphatic carbocycles. The first kappa shape index (κ1) is 44.2. The van der Waals surface area contributed by atoms with Crippen LogP contribution in [0.5, 0.6) is 0 Å². The van der Waals surface area contributed by atoms with Crippen molar-refractivity contribution in [3.8, 4) is 0 Å². The second-order valence-electron chi connectivity index (χ2n) is 11.4. The number of primary amides is 1. The van der Waals surface area contributed by atoms with E-state index < -0.39 is 116 Å². The zero-order chi connectivity index (χ0) is 39.4. The highest BCUT2D eigenvalue weighted by Crippen LogP contribution is 2.08. The normalized spacial score (nSPS) is 14.1. The van der Waals surface area contributed by atoms with Gasteiger partial charge in [-0.15, -0.1) is 0 Å². The summed E-state index contributed by atoms with van der Waals surface area (Å²) in [7, 11) is 0. The predicted molar refractivity (Wildman–Crippen MR) is 180 cm³/mol. The SMILES string of the molecule is NC(=O)C[C@H](NC(=O)[C@@H](N)CO)C(=O)N[C@@H](CO)C(=O)N[C@@H](CCCN=C(N)N)C(=O)N[C@@H](Cc1ccccc1)C(=O)N[C@@H](CCC(=O)O)C(=O)O. The van der Waals surface area contributed by atoms with Crippen LogP contribution in [0.4, 0.5) is 0 Å². The Kier molecular flexibility index (Phi) is 19.3. The molecule has 1 aromatic carbocycles. The molecule has 0 radical (unpaired) electrons. The Morgan fingerprint density at radius 1 is 0.654 bits per heavy atom. The van der Waals surface area contributed by atoms with Crippen LogP contribution in [0.25, 0.3) is 0 Å². The maximum absolute atomic E-state index is 13.7. The molecule has 17 N–H and O–H groups in total. The number of aliphatic carboxylic acids is 2. The van der Waals surface area contributed by atoms with Crippen LogP contribution in [0.3, 0.4) is 0 Å². The third-order valence-electron chi connectivity index (χ3n) is 7.14. The summed E-state index contributed by atoms with van der Waals surface area (Å²) in [5, 5.41) is 48.8. The number of aliphatic hydroxyl groups excluding tert-OH is 2. The van der Waals surface area contributed by atoms with Crippen LogP contribution < -0.4 is 49.5 Å². The van der Waals surface area contributed by atoms with Gasteiger partial charge in [-0.2, -0.15) is 0 Å². The minimum atomic E-state index is -1.77. The van der Waals surface area contributed by atoms with Gasteiger partial charge in [-0.1, -0.05) is 30.3 Å². The van der Waals surface area contributed by atoms with Gasteiger partial charge in [0, 0.05) is 19.4 Å². The Balaban J connectivity index is 3.32. The zero-order valence-corrected chi connectivity index (χ0v) is 28.0. The maximum Gasteiger partial charge on any atom is 0.326 e. The number of aliphatic imine (C=N–C) groups is 1. The monoisotopic (exact) mass is 738 g/mol. The van der Waals surface area contributed by atoms with Crippen molar-refractivity contribution in [2.24, 2.45) is 27.9 Å². The summed E-state index contributed by atoms with van der Waals surface area (Å²) in [5.74, 6) is -9.38. The fourth-order valence-electron chi connectivity index (χ4n) is 4.41. The number of carbonyl (C=O) groups is 8. The largest absolute Gasteiger partial charge is 0.481 e. The molecule has 0 aliphatic heterocycles. The second-order valence-corrected chi connectivity index (χ2v) is 11.4. The van der Waals surface area contributed by atoms with Gasteiger partial charge >= 0.3 is 11.9 Å². The molecule has 1 aromatic rings. The average Bonchev–Trinajstić information content (AvgIpc) is 3.08. The molecule has 0 unspecified atom stereocenters. The molecule has 0 aliphatic rings. The number of rotatable bonds is 24. The molecule has 0 saturated heterocycles. The van der Waals surface area contributed by atoms with Gasteiger partial charge < -0.3 is 69.9 Å². The highest BCUT2D eigenvalue weighted by molar-refractivity contribution is 5.97. The highest BCUT2D eigenvalue weighted by atomic mass is 16.4. The maximum atomic E-state index is 13.7. The minimum Gasteiger partial charge on any atom is -0.481 e. The third kappa shape index (κ3) is 16.7. The van der Waals surface area contributed by atoms with Crippen molar-refractivity contribution < 1.29 is 58.8 Å². The lowest BCUT2D eigenvalue weighted by Gasteiger charge is -2.26. The van der Waals surface area contributed by atoms with Gasteiger partial charge in [0.15, 0.2) is 5.96 Å². The summed E-state index contributed by atoms with van der Waals surface area (Å²) in [6, 6.07) is -1.23. The molecule has 0 spiro atoms. The van der Waals surface area contributed by atoms with Crippen molar-refractivity contribution in [3.05, 3.63) is 35.9 Å². The van der Waals surface area contributed by atoms with Crippen LogP contribution in [0, 0.1) is 0 Å². The van der Waals surface area contributed by atoms with Crippen molar-refractivity contribution in [3.63, 3.8) is 0 Å². The van der Waals surface area contributed by atoms with Crippen LogP contribution in [0.1, 0.15) is 37.7 Å². The van der Waals surface area contributed by atoms with E-state index in [1.165, 1.54) is 0 Å². The van der Waals surface area contributed by atoms with E-state index >= 15 is 0 Å². The summed E-state index contributed by atoms with van der Waals surface area (Å²) in [6.45, 7) is -1.85. The predicted octanol–water partition coefficient (Wildman–Crippen LogP) is -6.16. The number of hydrogen-bond donors (Lipinski definition) is 13. The molecule has 0 fully saturated rings. The molecule has 1 rings (SSSR count). The summed E-state index contributed by atoms with van der Waals surface area (Å²) >= 11 is 0. The first-order valence-corrected chi connectivity index (χ1v) is 15.8. The average molecular weight is 739 g/mol. The molecule has 22 nitrogen and oxygen atoms in total. The smallest absolute Gasteiger partial charge is 0.326 e. The summed E-state index contributed by atoms with van der Waals surface area (Å²) < 4.78 is 0. The van der Waals surface area contributed by atoms with E-state index in [4.69, 9.17) is 33.1 Å². The highest BCUT2D eigenvalue weighted by Gasteiger charge is 2.33. The second kappa shape index (κ2) is 22.8. The molecule has 52 heavy (non-hydrogen) atoms. The summed E-state index contributed by atoms with van der Waals surface area (Å²) in [4.78, 5) is 103. The number of guanidine groups is 1. The number of benzene rings is 1. The number of nitrogens with two attached hydrogens (primary N) is 4. The number of carboxylic acid groups (broad SMARTS) is 2. The van der Waals surface area contributed by atoms with Gasteiger partial charge in [0.05, 0.1) is 19.6 Å². The van der Waals surface area contributed by atoms with E-state index in [9.17, 15) is 48.6 Å². The van der Waals surface area contributed by atoms with Crippen molar-refractivity contribution in [1.29, 1.82) is 0 Å². The number of carboxylic acids is 2. The Labute approximate surface area is 297 Å². The van der Waals surface area contributed by atoms with E-state index in [0.717, 1.165) is 0 Å². The molecule has 288 valence electrons. The molecule has 22 heteroatoms. The lowest BCUT2D eigenvalue weighted by atomic mass is 10.0. The first-order valence-electron chi connectivity index (χ1n) is 15.8. The fourth-order valence-corrected chi connectivity index (χ4v) is 4.41. The molecule has 0 bridgehead atoms. The Hall–Kier alpha value is -5.87. The third-order valence-corrected chi connectivity index (χ3v) is 7.14. The van der Waals surface area contributed by atoms with Crippen LogP contribution in [-0.2, 0) is 44.8 Å². The lowest BCUT2D eigenvalue weighted by Crippen LogP contribution is -2.60. The Bertz CT molecular complexity index is 1440. The Morgan fingerprint density at radius 2 is 1.17 bits per heavy atom. The lowest BCUT2D eigenvalue weighted by molar-refractivity contribution is -0.143. The standard InChI is InChI=1S/C30H46N10O12/c31-16(13-41)24(46)38-20(12-22(32)43)27(49)40-21(14-42)28(50)36-17(7-4-10-35-30(33)34)25(47)39-19(11-15-5-2-1-3-6-15)26(48)37-18(29(51)52)8-9-23(44)45/h1-3,5-6,16-21,41-42H,4,7-14,31H2,(H2,32,43)(H,36,50)(H,37,48)(H,38,46)(H,39,47)(H,40,49)(H,44,45)(H,51,52)(H4,33,34,35)/t16-,17-,18-,19-,20-,21-/m0/s1. The molecule has 0 aromatic heterocycles. The minimum absolute atomic E-state index is 0.00950. The van der Waals surface area contributed by atoms with Crippen molar-refractivity contribution >= 4 is 53.3 Å². The van der Waals surface area contributed by atoms with Gasteiger partial charge in [-0.05, 0) is 24.8 Å². The molecule has 6 atom stereocenters. The fraction of sp³-hybridized carbons (Fsp3) is 0.500. The quantitative estimate of drug-likeness (QED) is 0.0267. The van der Waals surface area contributed by atoms with Crippen molar-refractivity contribution in [2.45, 2.75) is 74.8 Å². The van der Waals surface area contributed by atoms with Gasteiger partial charge in [0.25, 0.3) is 0 Å². The molecule has 0 saturated carbocycles. The van der Waals surface area contributed by atoms with E-state index in [-0.39, 0.29) is 31.8 Å². The number of nitrogens with one attached hydrogen (secondary N) is 5. The van der Waals surface area contributed by atoms with Gasteiger partial charge in [0.1, 0.15) is 36.3 Å². The molecular formula is C30H46N10O12. The van der Waals surface area contributed by atoms with Crippen molar-refractivity contribution in [2.75, 3.05) is 19.8 Å². The number of amides is 6. The van der Waals surface area contributed by atoms with Crippen LogP contribution >= 0.6 is 0 Å². The number of carbonyl (C=O) groups excluding carboxylic acids is 6. The van der Waals surface area contributed by atoms with Crippen LogP contribution in [-0.4, -0.2) is 130 Å². The van der Waals surface area contributed by atoms with E-state index in [2.05, 4.69) is 31.6 Å². The van der Waals surface area contributed by atoms with Crippen LogP contribution in [0.2, 0.25) is 0 Å². The number of nitrogens with zero attached hydrogens (tertiary/aromatic N) is 1. The van der Waals surface area contributed by atoms with Gasteiger partial charge in [-0.25, -0.2) is 4.79 Å². The molecular weight excluding hydrogens is 692 g/mol. The van der Waals surface area contributed by atoms with E-state index in [1.54, 1.807) is 30.3 Å². The van der Waals surface area contributed by atoms with Crippen LogP contribution in [0.15, 0.2) is 35.3 Å².